The van der Waals surface area contributed by atoms with Crippen molar-refractivity contribution in [2.24, 2.45) is 5.73 Å². The molecule has 0 saturated heterocycles. The van der Waals surface area contributed by atoms with Gasteiger partial charge >= 0.3 is 0 Å². The van der Waals surface area contributed by atoms with Crippen LogP contribution in [0, 0.1) is 0 Å². The number of hydrogen-bond acceptors (Lipinski definition) is 2. The highest BCUT2D eigenvalue weighted by atomic mass is 16.1. The highest BCUT2D eigenvalue weighted by Crippen LogP contribution is 2.31. The van der Waals surface area contributed by atoms with E-state index in [9.17, 15) is 4.79 Å². The van der Waals surface area contributed by atoms with Crippen LogP contribution in [0.4, 0.5) is 0 Å². The zero-order valence-electron chi connectivity index (χ0n) is 10.3. The van der Waals surface area contributed by atoms with Crippen LogP contribution < -0.4 is 5.73 Å². The molecule has 0 aromatic heterocycles. The smallest absolute Gasteiger partial charge is 0.157 e. The highest BCUT2D eigenvalue weighted by molar-refractivity contribution is 5.93. The minimum atomic E-state index is -0.819. The number of nitrogens with two attached hydrogens (primary N) is 1. The van der Waals surface area contributed by atoms with Gasteiger partial charge in [0.25, 0.3) is 0 Å². The van der Waals surface area contributed by atoms with Crippen molar-refractivity contribution in [1.82, 2.24) is 0 Å². The van der Waals surface area contributed by atoms with Gasteiger partial charge in [-0.15, -0.1) is 0 Å². The summed E-state index contributed by atoms with van der Waals surface area (Å²) in [4.78, 5) is 11.9. The van der Waals surface area contributed by atoms with E-state index in [2.05, 4.69) is 6.58 Å². The Labute approximate surface area is 97.9 Å². The fourth-order valence-electron chi connectivity index (χ4n) is 2.06. The molecule has 88 valence electrons. The minimum absolute atomic E-state index is 0.136. The molecule has 0 radical (unpaired) electrons. The number of hydrogen-bond donors (Lipinski definition) is 1. The standard InChI is InChI=1S/C14H21NO/c1-4-5-8-11(2)12(3)14(15)10-7-6-9-13(14)16/h4-5,8H,3,6-7,9-10,15H2,1-2H3/b5-4-,11-8-/t14-/m0/s1. The molecule has 1 aliphatic rings. The van der Waals surface area contributed by atoms with Gasteiger partial charge in [0.05, 0.1) is 0 Å². The first kappa shape index (κ1) is 12.9. The van der Waals surface area contributed by atoms with Crippen LogP contribution in [0.5, 0.6) is 0 Å². The SMILES string of the molecule is C=C(/C(C)=C\C=C/C)[C@@]1(N)CCCCC1=O. The Morgan fingerprint density at radius 3 is 2.75 bits per heavy atom. The number of Topliss-reactive ketones (excluding diaryl/α,β-unsaturated/α-hetero) is 1. The monoisotopic (exact) mass is 219 g/mol. The molecular weight excluding hydrogens is 198 g/mol. The second-order valence-electron chi connectivity index (χ2n) is 4.46. The molecule has 0 amide bonds. The lowest BCUT2D eigenvalue weighted by Crippen LogP contribution is -2.51. The molecule has 0 spiro atoms. The van der Waals surface area contributed by atoms with Gasteiger partial charge < -0.3 is 5.73 Å². The Hall–Kier alpha value is -1.15. The lowest BCUT2D eigenvalue weighted by atomic mass is 9.74. The van der Waals surface area contributed by atoms with Crippen LogP contribution in [0.15, 0.2) is 36.0 Å². The van der Waals surface area contributed by atoms with Crippen LogP contribution >= 0.6 is 0 Å². The van der Waals surface area contributed by atoms with Crippen molar-refractivity contribution in [3.8, 4) is 0 Å². The van der Waals surface area contributed by atoms with E-state index in [-0.39, 0.29) is 5.78 Å². The van der Waals surface area contributed by atoms with Gasteiger partial charge in [0.15, 0.2) is 5.78 Å². The summed E-state index contributed by atoms with van der Waals surface area (Å²) in [5.41, 5.74) is 7.16. The predicted octanol–water partition coefficient (Wildman–Crippen LogP) is 2.91. The van der Waals surface area contributed by atoms with E-state index in [1.54, 1.807) is 0 Å². The summed E-state index contributed by atoms with van der Waals surface area (Å²) in [5, 5.41) is 0. The van der Waals surface area contributed by atoms with Crippen LogP contribution in [0.2, 0.25) is 0 Å². The zero-order chi connectivity index (χ0) is 12.2. The van der Waals surface area contributed by atoms with Crippen molar-refractivity contribution in [1.29, 1.82) is 0 Å². The van der Waals surface area contributed by atoms with Crippen LogP contribution in [0.1, 0.15) is 39.5 Å². The van der Waals surface area contributed by atoms with E-state index in [0.29, 0.717) is 6.42 Å². The van der Waals surface area contributed by atoms with Gasteiger partial charge in [-0.3, -0.25) is 4.79 Å². The van der Waals surface area contributed by atoms with Gasteiger partial charge in [-0.1, -0.05) is 31.2 Å². The summed E-state index contributed by atoms with van der Waals surface area (Å²) < 4.78 is 0. The normalized spacial score (nSPS) is 27.4. The van der Waals surface area contributed by atoms with E-state index in [1.807, 2.05) is 32.1 Å². The molecule has 1 aliphatic carbocycles. The average Bonchev–Trinajstić information content (AvgIpc) is 2.29. The van der Waals surface area contributed by atoms with E-state index < -0.39 is 5.54 Å². The van der Waals surface area contributed by atoms with Gasteiger partial charge in [0, 0.05) is 6.42 Å². The summed E-state index contributed by atoms with van der Waals surface area (Å²) in [6, 6.07) is 0. The fourth-order valence-corrected chi connectivity index (χ4v) is 2.06. The van der Waals surface area contributed by atoms with Crippen molar-refractivity contribution >= 4 is 5.78 Å². The Balaban J connectivity index is 2.90. The van der Waals surface area contributed by atoms with Gasteiger partial charge in [-0.05, 0) is 37.8 Å². The molecule has 16 heavy (non-hydrogen) atoms. The number of carbonyl (C=O) groups excluding carboxylic acids is 1. The fraction of sp³-hybridized carbons (Fsp3) is 0.500. The summed E-state index contributed by atoms with van der Waals surface area (Å²) in [5.74, 6) is 0.136. The topological polar surface area (TPSA) is 43.1 Å². The first-order valence-corrected chi connectivity index (χ1v) is 5.84. The maximum absolute atomic E-state index is 11.9. The van der Waals surface area contributed by atoms with Crippen LogP contribution in [-0.4, -0.2) is 11.3 Å². The van der Waals surface area contributed by atoms with Crippen LogP contribution in [-0.2, 0) is 4.79 Å². The van der Waals surface area contributed by atoms with E-state index in [4.69, 9.17) is 5.73 Å². The molecule has 0 aliphatic heterocycles. The highest BCUT2D eigenvalue weighted by Gasteiger charge is 2.38. The van der Waals surface area contributed by atoms with Crippen molar-refractivity contribution < 1.29 is 4.79 Å². The maximum Gasteiger partial charge on any atom is 0.157 e. The third-order valence-corrected chi connectivity index (χ3v) is 3.28. The molecule has 1 atom stereocenters. The molecule has 2 heteroatoms. The Morgan fingerprint density at radius 1 is 1.50 bits per heavy atom. The van der Waals surface area contributed by atoms with Crippen LogP contribution in [0.3, 0.4) is 0 Å². The molecule has 1 rings (SSSR count). The molecule has 2 N–H and O–H groups in total. The molecule has 0 aromatic rings. The van der Waals surface area contributed by atoms with Crippen molar-refractivity contribution in [3.63, 3.8) is 0 Å². The number of carbonyl (C=O) groups is 1. The van der Waals surface area contributed by atoms with Gasteiger partial charge in [0.1, 0.15) is 5.54 Å². The summed E-state index contributed by atoms with van der Waals surface area (Å²) >= 11 is 0. The number of allylic oxidation sites excluding steroid dienone is 3. The summed E-state index contributed by atoms with van der Waals surface area (Å²) in [6.45, 7) is 7.92. The number of ketones is 1. The number of rotatable bonds is 3. The van der Waals surface area contributed by atoms with E-state index in [0.717, 1.165) is 30.4 Å². The van der Waals surface area contributed by atoms with E-state index >= 15 is 0 Å². The molecule has 1 fully saturated rings. The molecule has 0 aromatic carbocycles. The zero-order valence-corrected chi connectivity index (χ0v) is 10.3. The maximum atomic E-state index is 11.9. The van der Waals surface area contributed by atoms with Gasteiger partial charge in [-0.25, -0.2) is 0 Å². The van der Waals surface area contributed by atoms with E-state index in [1.165, 1.54) is 0 Å². The predicted molar refractivity (Wildman–Crippen MR) is 68.1 cm³/mol. The van der Waals surface area contributed by atoms with Crippen molar-refractivity contribution in [2.75, 3.05) is 0 Å². The molecule has 0 unspecified atom stereocenters. The molecule has 1 saturated carbocycles. The molecule has 2 nitrogen and oxygen atoms in total. The Kier molecular flexibility index (Phi) is 4.25. The molecular formula is C14H21NO. The van der Waals surface area contributed by atoms with Gasteiger partial charge in [0.2, 0.25) is 0 Å². The summed E-state index contributed by atoms with van der Waals surface area (Å²) in [7, 11) is 0. The lowest BCUT2D eigenvalue weighted by molar-refractivity contribution is -0.124. The first-order chi connectivity index (χ1) is 7.52. The summed E-state index contributed by atoms with van der Waals surface area (Å²) in [6.07, 6.45) is 9.14. The largest absolute Gasteiger partial charge is 0.315 e. The Bertz CT molecular complexity index is 352. The quantitative estimate of drug-likeness (QED) is 0.742. The van der Waals surface area contributed by atoms with Crippen LogP contribution in [0.25, 0.3) is 0 Å². The molecule has 0 bridgehead atoms. The van der Waals surface area contributed by atoms with Crippen molar-refractivity contribution in [3.05, 3.63) is 36.0 Å². The second kappa shape index (κ2) is 5.26. The second-order valence-corrected chi connectivity index (χ2v) is 4.46. The minimum Gasteiger partial charge on any atom is -0.315 e. The average molecular weight is 219 g/mol. The Morgan fingerprint density at radius 2 is 2.19 bits per heavy atom. The lowest BCUT2D eigenvalue weighted by Gasteiger charge is -2.34. The van der Waals surface area contributed by atoms with Crippen molar-refractivity contribution in [2.45, 2.75) is 45.1 Å². The first-order valence-electron chi connectivity index (χ1n) is 5.84. The van der Waals surface area contributed by atoms with Gasteiger partial charge in [-0.2, -0.15) is 0 Å². The third-order valence-electron chi connectivity index (χ3n) is 3.28. The molecule has 0 heterocycles. The third kappa shape index (κ3) is 2.50.